The largest absolute Gasteiger partial charge is 0.497 e. The van der Waals surface area contributed by atoms with Gasteiger partial charge in [0.2, 0.25) is 4.96 Å². The zero-order valence-electron chi connectivity index (χ0n) is 18.6. The van der Waals surface area contributed by atoms with Crippen molar-refractivity contribution in [3.05, 3.63) is 86.8 Å². The average Bonchev–Trinajstić information content (AvgIpc) is 3.26. The van der Waals surface area contributed by atoms with Crippen molar-refractivity contribution in [3.63, 3.8) is 0 Å². The van der Waals surface area contributed by atoms with Gasteiger partial charge in [-0.05, 0) is 48.9 Å². The molecule has 0 saturated heterocycles. The molecule has 2 aromatic heterocycles. The minimum atomic E-state index is -0.599. The number of aromatic nitrogens is 3. The van der Waals surface area contributed by atoms with Gasteiger partial charge in [0.15, 0.2) is 0 Å². The molecule has 0 aliphatic heterocycles. The first-order valence-corrected chi connectivity index (χ1v) is 11.4. The van der Waals surface area contributed by atoms with E-state index >= 15 is 0 Å². The summed E-state index contributed by atoms with van der Waals surface area (Å²) < 4.78 is 11.7. The Kier molecular flexibility index (Phi) is 6.98. The van der Waals surface area contributed by atoms with Crippen LogP contribution in [0.15, 0.2) is 59.4 Å². The highest BCUT2D eigenvalue weighted by molar-refractivity contribution is 7.16. The number of ether oxygens (including phenoxy) is 2. The van der Waals surface area contributed by atoms with Gasteiger partial charge in [0.05, 0.1) is 18.4 Å². The lowest BCUT2D eigenvalue weighted by molar-refractivity contribution is 0.0467. The monoisotopic (exact) mass is 478 g/mol. The predicted octanol–water partition coefficient (Wildman–Crippen LogP) is 3.72. The van der Waals surface area contributed by atoms with Crippen LogP contribution in [0, 0.1) is 0 Å². The normalized spacial score (nSPS) is 10.8. The Labute approximate surface area is 199 Å². The summed E-state index contributed by atoms with van der Waals surface area (Å²) in [7, 11) is 1.55. The Hall–Kier alpha value is -4.05. The highest BCUT2D eigenvalue weighted by Gasteiger charge is 2.13. The highest BCUT2D eigenvalue weighted by Crippen LogP contribution is 2.17. The second kappa shape index (κ2) is 10.3. The molecule has 0 bridgehead atoms. The molecule has 4 aromatic rings. The third kappa shape index (κ3) is 5.29. The molecule has 1 N–H and O–H groups in total. The summed E-state index contributed by atoms with van der Waals surface area (Å²) in [4.78, 5) is 42.2. The maximum atomic E-state index is 12.6. The number of nitrogens with one attached hydrogen (secondary N) is 1. The number of carbonyl (C=O) groups is 2. The number of nitrogens with zero attached hydrogens (tertiary/aromatic N) is 3. The number of amides is 1. The Balaban J connectivity index is 1.42. The van der Waals surface area contributed by atoms with E-state index in [1.54, 1.807) is 49.6 Å². The van der Waals surface area contributed by atoms with Crippen LogP contribution in [0.2, 0.25) is 0 Å². The molecular formula is C24H22N4O5S. The second-order valence-corrected chi connectivity index (χ2v) is 8.41. The van der Waals surface area contributed by atoms with Gasteiger partial charge in [0, 0.05) is 23.7 Å². The van der Waals surface area contributed by atoms with Crippen molar-refractivity contribution in [1.82, 2.24) is 14.6 Å². The summed E-state index contributed by atoms with van der Waals surface area (Å²) in [5.41, 5.74) is 1.17. The molecule has 10 heteroatoms. The van der Waals surface area contributed by atoms with Crippen molar-refractivity contribution >= 4 is 33.9 Å². The van der Waals surface area contributed by atoms with Crippen LogP contribution < -0.4 is 15.6 Å². The van der Waals surface area contributed by atoms with Gasteiger partial charge < -0.3 is 14.8 Å². The quantitative estimate of drug-likeness (QED) is 0.384. The number of anilines is 1. The molecule has 0 spiro atoms. The van der Waals surface area contributed by atoms with Crippen molar-refractivity contribution in [3.8, 4) is 5.75 Å². The van der Waals surface area contributed by atoms with E-state index in [4.69, 9.17) is 9.47 Å². The van der Waals surface area contributed by atoms with Crippen LogP contribution in [0.3, 0.4) is 0 Å². The topological polar surface area (TPSA) is 112 Å². The minimum absolute atomic E-state index is 0.159. The van der Waals surface area contributed by atoms with E-state index in [0.717, 1.165) is 17.8 Å². The molecule has 0 saturated carbocycles. The Morgan fingerprint density at radius 1 is 1.09 bits per heavy atom. The number of rotatable bonds is 8. The van der Waals surface area contributed by atoms with Crippen LogP contribution in [-0.4, -0.2) is 33.6 Å². The van der Waals surface area contributed by atoms with Crippen LogP contribution in [0.1, 0.15) is 44.8 Å². The van der Waals surface area contributed by atoms with Crippen molar-refractivity contribution in [2.24, 2.45) is 0 Å². The molecule has 0 unspecified atom stereocenters. The van der Waals surface area contributed by atoms with Crippen LogP contribution >= 0.6 is 11.3 Å². The van der Waals surface area contributed by atoms with E-state index in [2.05, 4.69) is 15.4 Å². The van der Waals surface area contributed by atoms with Gasteiger partial charge in [0.25, 0.3) is 11.5 Å². The predicted molar refractivity (Wildman–Crippen MR) is 128 cm³/mol. The van der Waals surface area contributed by atoms with E-state index in [9.17, 15) is 14.4 Å². The number of esters is 1. The van der Waals surface area contributed by atoms with E-state index in [0.29, 0.717) is 27.7 Å². The zero-order valence-corrected chi connectivity index (χ0v) is 19.4. The van der Waals surface area contributed by atoms with E-state index in [-0.39, 0.29) is 23.6 Å². The lowest BCUT2D eigenvalue weighted by atomic mass is 10.1. The summed E-state index contributed by atoms with van der Waals surface area (Å²) in [6.45, 7) is 1.88. The molecule has 1 amide bonds. The van der Waals surface area contributed by atoms with Gasteiger partial charge in [-0.25, -0.2) is 9.78 Å². The fourth-order valence-corrected chi connectivity index (χ4v) is 4.20. The second-order valence-electron chi connectivity index (χ2n) is 7.37. The highest BCUT2D eigenvalue weighted by atomic mass is 32.1. The van der Waals surface area contributed by atoms with E-state index < -0.39 is 5.97 Å². The number of aryl methyl sites for hydroxylation is 1. The molecule has 2 aromatic carbocycles. The summed E-state index contributed by atoms with van der Waals surface area (Å²) in [6, 6.07) is 14.4. The van der Waals surface area contributed by atoms with Crippen molar-refractivity contribution < 1.29 is 19.1 Å². The lowest BCUT2D eigenvalue weighted by Gasteiger charge is -2.08. The molecule has 4 rings (SSSR count). The fraction of sp³-hybridized carbons (Fsp3) is 0.208. The van der Waals surface area contributed by atoms with E-state index in [1.165, 1.54) is 28.0 Å². The molecule has 0 aliphatic carbocycles. The molecule has 34 heavy (non-hydrogen) atoms. The Morgan fingerprint density at radius 2 is 1.88 bits per heavy atom. The minimum Gasteiger partial charge on any atom is -0.497 e. The van der Waals surface area contributed by atoms with Gasteiger partial charge in [-0.1, -0.05) is 24.3 Å². The van der Waals surface area contributed by atoms with Crippen LogP contribution in [0.4, 0.5) is 5.69 Å². The summed E-state index contributed by atoms with van der Waals surface area (Å²) >= 11 is 1.34. The standard InChI is InChI=1S/C24H22N4O5S/c1-3-5-20-27-28-21(29)13-18(26-24(28)34-20)14-33-23(31)16-6-4-7-17(12-16)25-22(30)15-8-10-19(32-2)11-9-15/h4,6-13H,3,5,14H2,1-2H3,(H,25,30). The first kappa shape index (κ1) is 23.1. The molecule has 0 aliphatic rings. The van der Waals surface area contributed by atoms with Crippen molar-refractivity contribution in [1.29, 1.82) is 0 Å². The smallest absolute Gasteiger partial charge is 0.338 e. The van der Waals surface area contributed by atoms with Crippen LogP contribution in [-0.2, 0) is 17.8 Å². The van der Waals surface area contributed by atoms with Gasteiger partial charge >= 0.3 is 5.97 Å². The SMILES string of the molecule is CCCc1nn2c(=O)cc(COC(=O)c3cccc(NC(=O)c4ccc(OC)cc4)c3)nc2s1. The molecule has 9 nitrogen and oxygen atoms in total. The van der Waals surface area contributed by atoms with Gasteiger partial charge in [-0.2, -0.15) is 9.61 Å². The Bertz CT molecular complexity index is 1390. The summed E-state index contributed by atoms with van der Waals surface area (Å²) in [6.07, 6.45) is 1.68. The fourth-order valence-electron chi connectivity index (χ4n) is 3.18. The Morgan fingerprint density at radius 3 is 2.62 bits per heavy atom. The van der Waals surface area contributed by atoms with Crippen LogP contribution in [0.25, 0.3) is 4.96 Å². The number of carbonyl (C=O) groups excluding carboxylic acids is 2. The van der Waals surface area contributed by atoms with Crippen molar-refractivity contribution in [2.75, 3.05) is 12.4 Å². The van der Waals surface area contributed by atoms with Crippen molar-refractivity contribution in [2.45, 2.75) is 26.4 Å². The number of fused-ring (bicyclic) bond motifs is 1. The zero-order chi connectivity index (χ0) is 24.1. The van der Waals surface area contributed by atoms with Gasteiger partial charge in [0.1, 0.15) is 17.4 Å². The molecule has 174 valence electrons. The first-order valence-electron chi connectivity index (χ1n) is 10.6. The maximum absolute atomic E-state index is 12.6. The number of benzene rings is 2. The number of methoxy groups -OCH3 is 1. The molecule has 0 radical (unpaired) electrons. The van der Waals surface area contributed by atoms with E-state index in [1.807, 2.05) is 6.92 Å². The summed E-state index contributed by atoms with van der Waals surface area (Å²) in [5, 5.41) is 7.85. The third-order valence-electron chi connectivity index (χ3n) is 4.86. The maximum Gasteiger partial charge on any atom is 0.338 e. The first-order chi connectivity index (χ1) is 16.5. The molecule has 0 fully saturated rings. The molecular weight excluding hydrogens is 456 g/mol. The van der Waals surface area contributed by atoms with Crippen LogP contribution in [0.5, 0.6) is 5.75 Å². The van der Waals surface area contributed by atoms with Gasteiger partial charge in [-0.15, -0.1) is 0 Å². The average molecular weight is 479 g/mol. The lowest BCUT2D eigenvalue weighted by Crippen LogP contribution is -2.17. The third-order valence-corrected chi connectivity index (χ3v) is 5.83. The number of hydrogen-bond donors (Lipinski definition) is 1. The molecule has 0 atom stereocenters. The molecule has 2 heterocycles. The summed E-state index contributed by atoms with van der Waals surface area (Å²) in [5.74, 6) is -0.272. The number of hydrogen-bond acceptors (Lipinski definition) is 8. The van der Waals surface area contributed by atoms with Gasteiger partial charge in [-0.3, -0.25) is 9.59 Å².